The third-order valence-electron chi connectivity index (χ3n) is 4.50. The number of carbonyl (C=O) groups excluding carboxylic acids is 2. The van der Waals surface area contributed by atoms with Crippen molar-refractivity contribution in [3.8, 4) is 0 Å². The third kappa shape index (κ3) is 4.80. The zero-order valence-electron chi connectivity index (χ0n) is 16.1. The number of amides is 3. The van der Waals surface area contributed by atoms with E-state index in [1.165, 1.54) is 0 Å². The van der Waals surface area contributed by atoms with E-state index in [0.29, 0.717) is 17.1 Å². The van der Waals surface area contributed by atoms with Crippen LogP contribution >= 0.6 is 0 Å². The summed E-state index contributed by atoms with van der Waals surface area (Å²) in [6.07, 6.45) is 1.93. The molecule has 148 valence electrons. The number of pyridine rings is 1. The maximum absolute atomic E-state index is 12.6. The second-order valence-electron chi connectivity index (χ2n) is 6.74. The smallest absolute Gasteiger partial charge is 0.323 e. The molecule has 0 unspecified atom stereocenters. The van der Waals surface area contributed by atoms with Crippen molar-refractivity contribution in [2.24, 2.45) is 0 Å². The summed E-state index contributed by atoms with van der Waals surface area (Å²) in [4.78, 5) is 29.1. The van der Waals surface area contributed by atoms with Crippen molar-refractivity contribution in [3.63, 3.8) is 0 Å². The first-order valence-corrected chi connectivity index (χ1v) is 9.53. The topological polar surface area (TPSA) is 83.1 Å². The number of urea groups is 1. The molecular formula is C24H20N4O2. The molecule has 3 amide bonds. The number of hydrogen-bond donors (Lipinski definition) is 3. The SMILES string of the molecule is O=C(Cc1cccc2cccnc12)Nc1cccc(NC(=O)Nc2ccccc2)c1. The van der Waals surface area contributed by atoms with Crippen LogP contribution in [0.5, 0.6) is 0 Å². The fraction of sp³-hybridized carbons (Fsp3) is 0.0417. The van der Waals surface area contributed by atoms with Crippen molar-refractivity contribution in [1.29, 1.82) is 0 Å². The zero-order chi connectivity index (χ0) is 20.8. The van der Waals surface area contributed by atoms with Gasteiger partial charge in [0.15, 0.2) is 0 Å². The highest BCUT2D eigenvalue weighted by Gasteiger charge is 2.09. The number of rotatable bonds is 5. The maximum atomic E-state index is 12.6. The van der Waals surface area contributed by atoms with Crippen molar-refractivity contribution in [2.45, 2.75) is 6.42 Å². The highest BCUT2D eigenvalue weighted by Crippen LogP contribution is 2.19. The highest BCUT2D eigenvalue weighted by molar-refractivity contribution is 6.00. The standard InChI is InChI=1S/C24H20N4O2/c29-22(15-18-8-4-7-17-9-6-14-25-23(17)18)26-20-12-5-13-21(16-20)28-24(30)27-19-10-2-1-3-11-19/h1-14,16H,15H2,(H,26,29)(H2,27,28,30). The van der Waals surface area contributed by atoms with Gasteiger partial charge in [-0.15, -0.1) is 0 Å². The van der Waals surface area contributed by atoms with Crippen LogP contribution in [-0.4, -0.2) is 16.9 Å². The Balaban J connectivity index is 1.40. The minimum atomic E-state index is -0.355. The van der Waals surface area contributed by atoms with Crippen molar-refractivity contribution < 1.29 is 9.59 Å². The summed E-state index contributed by atoms with van der Waals surface area (Å²) >= 11 is 0. The molecule has 4 aromatic rings. The lowest BCUT2D eigenvalue weighted by Gasteiger charge is -2.10. The Bertz CT molecular complexity index is 1190. The van der Waals surface area contributed by atoms with Crippen LogP contribution in [0.2, 0.25) is 0 Å². The van der Waals surface area contributed by atoms with Gasteiger partial charge in [0.25, 0.3) is 0 Å². The molecule has 0 aliphatic rings. The third-order valence-corrected chi connectivity index (χ3v) is 4.50. The summed E-state index contributed by atoms with van der Waals surface area (Å²) in [6.45, 7) is 0. The zero-order valence-corrected chi connectivity index (χ0v) is 16.1. The molecule has 0 spiro atoms. The van der Waals surface area contributed by atoms with Crippen molar-refractivity contribution >= 4 is 39.9 Å². The van der Waals surface area contributed by atoms with Crippen molar-refractivity contribution in [2.75, 3.05) is 16.0 Å². The Hall–Kier alpha value is -4.19. The van der Waals surface area contributed by atoms with E-state index in [2.05, 4.69) is 20.9 Å². The molecule has 3 N–H and O–H groups in total. The molecule has 0 saturated heterocycles. The molecule has 30 heavy (non-hydrogen) atoms. The predicted molar refractivity (Wildman–Crippen MR) is 120 cm³/mol. The molecule has 6 nitrogen and oxygen atoms in total. The molecular weight excluding hydrogens is 376 g/mol. The number of fused-ring (bicyclic) bond motifs is 1. The van der Waals surface area contributed by atoms with E-state index in [1.54, 1.807) is 42.6 Å². The van der Waals surface area contributed by atoms with Crippen LogP contribution in [0.3, 0.4) is 0 Å². The van der Waals surface area contributed by atoms with Crippen LogP contribution in [0.25, 0.3) is 10.9 Å². The van der Waals surface area contributed by atoms with E-state index in [-0.39, 0.29) is 18.4 Å². The van der Waals surface area contributed by atoms with Gasteiger partial charge in [0, 0.05) is 28.6 Å². The van der Waals surface area contributed by atoms with Crippen molar-refractivity contribution in [1.82, 2.24) is 4.98 Å². The lowest BCUT2D eigenvalue weighted by molar-refractivity contribution is -0.115. The molecule has 0 bridgehead atoms. The van der Waals surface area contributed by atoms with Gasteiger partial charge in [-0.25, -0.2) is 4.79 Å². The molecule has 4 rings (SSSR count). The molecule has 3 aromatic carbocycles. The summed E-state index contributed by atoms with van der Waals surface area (Å²) in [6, 6.07) is 25.5. The average molecular weight is 396 g/mol. The van der Waals surface area contributed by atoms with Crippen molar-refractivity contribution in [3.05, 3.63) is 96.7 Å². The van der Waals surface area contributed by atoms with Gasteiger partial charge in [0.2, 0.25) is 5.91 Å². The van der Waals surface area contributed by atoms with Crippen LogP contribution in [0.4, 0.5) is 21.9 Å². The number of carbonyl (C=O) groups is 2. The Morgan fingerprint density at radius 3 is 2.20 bits per heavy atom. The maximum Gasteiger partial charge on any atom is 0.323 e. The largest absolute Gasteiger partial charge is 0.326 e. The summed E-state index contributed by atoms with van der Waals surface area (Å²) in [5.41, 5.74) is 3.56. The monoisotopic (exact) mass is 396 g/mol. The number of benzene rings is 3. The highest BCUT2D eigenvalue weighted by atomic mass is 16.2. The Morgan fingerprint density at radius 2 is 1.37 bits per heavy atom. The van der Waals surface area contributed by atoms with Gasteiger partial charge in [-0.1, -0.05) is 48.5 Å². The predicted octanol–water partition coefficient (Wildman–Crippen LogP) is 5.06. The normalized spacial score (nSPS) is 10.4. The summed E-state index contributed by atoms with van der Waals surface area (Å²) < 4.78 is 0. The van der Waals surface area contributed by atoms with E-state index < -0.39 is 0 Å². The fourth-order valence-electron chi connectivity index (χ4n) is 3.18. The van der Waals surface area contributed by atoms with Crippen LogP contribution in [0, 0.1) is 0 Å². The first-order chi connectivity index (χ1) is 14.7. The van der Waals surface area contributed by atoms with Gasteiger partial charge in [0.1, 0.15) is 0 Å². The lowest BCUT2D eigenvalue weighted by atomic mass is 10.1. The van der Waals surface area contributed by atoms with E-state index >= 15 is 0 Å². The lowest BCUT2D eigenvalue weighted by Crippen LogP contribution is -2.19. The van der Waals surface area contributed by atoms with Gasteiger partial charge < -0.3 is 16.0 Å². The molecule has 0 aliphatic heterocycles. The number of anilines is 3. The number of hydrogen-bond acceptors (Lipinski definition) is 3. The van der Waals surface area contributed by atoms with Crippen LogP contribution < -0.4 is 16.0 Å². The fourth-order valence-corrected chi connectivity index (χ4v) is 3.18. The number of aromatic nitrogens is 1. The second kappa shape index (κ2) is 8.87. The molecule has 0 atom stereocenters. The minimum absolute atomic E-state index is 0.154. The Labute approximate surface area is 174 Å². The summed E-state index contributed by atoms with van der Waals surface area (Å²) in [7, 11) is 0. The molecule has 6 heteroatoms. The molecule has 0 radical (unpaired) electrons. The number of nitrogens with one attached hydrogen (secondary N) is 3. The van der Waals surface area contributed by atoms with Gasteiger partial charge in [-0.05, 0) is 42.0 Å². The Kier molecular flexibility index (Phi) is 5.66. The first kappa shape index (κ1) is 19.1. The van der Waals surface area contributed by atoms with Gasteiger partial charge in [-0.3, -0.25) is 9.78 Å². The second-order valence-corrected chi connectivity index (χ2v) is 6.74. The van der Waals surface area contributed by atoms with Gasteiger partial charge in [-0.2, -0.15) is 0 Å². The summed E-state index contributed by atoms with van der Waals surface area (Å²) in [5, 5.41) is 9.40. The quantitative estimate of drug-likeness (QED) is 0.441. The van der Waals surface area contributed by atoms with E-state index in [9.17, 15) is 9.59 Å². The average Bonchev–Trinajstić information content (AvgIpc) is 2.75. The van der Waals surface area contributed by atoms with E-state index in [0.717, 1.165) is 16.5 Å². The van der Waals surface area contributed by atoms with Crippen LogP contribution in [0.1, 0.15) is 5.56 Å². The van der Waals surface area contributed by atoms with Gasteiger partial charge in [0.05, 0.1) is 11.9 Å². The Morgan fingerprint density at radius 1 is 0.700 bits per heavy atom. The van der Waals surface area contributed by atoms with Crippen LogP contribution in [0.15, 0.2) is 91.1 Å². The van der Waals surface area contributed by atoms with E-state index in [1.807, 2.05) is 48.5 Å². The summed E-state index contributed by atoms with van der Waals surface area (Å²) in [5.74, 6) is -0.154. The molecule has 0 saturated carbocycles. The van der Waals surface area contributed by atoms with Crippen LogP contribution in [-0.2, 0) is 11.2 Å². The molecule has 1 heterocycles. The molecule has 1 aromatic heterocycles. The minimum Gasteiger partial charge on any atom is -0.326 e. The van der Waals surface area contributed by atoms with Gasteiger partial charge >= 0.3 is 6.03 Å². The first-order valence-electron chi connectivity index (χ1n) is 9.53. The number of para-hydroxylation sites is 2. The van der Waals surface area contributed by atoms with E-state index in [4.69, 9.17) is 0 Å². The number of nitrogens with zero attached hydrogens (tertiary/aromatic N) is 1. The molecule has 0 aliphatic carbocycles. The molecule has 0 fully saturated rings.